The molecule has 0 saturated heterocycles. The average molecular weight is 531 g/mol. The number of carbonyl (C=O) groups excluding carboxylic acids is 4. The van der Waals surface area contributed by atoms with E-state index in [1.54, 1.807) is 13.8 Å². The maximum Gasteiger partial charge on any atom is 0.188 e. The third-order valence-electron chi connectivity index (χ3n) is 11.8. The second kappa shape index (κ2) is 9.45. The summed E-state index contributed by atoms with van der Waals surface area (Å²) >= 11 is 0. The van der Waals surface area contributed by atoms with Crippen LogP contribution in [0.2, 0.25) is 0 Å². The van der Waals surface area contributed by atoms with Gasteiger partial charge in [0.1, 0.15) is 24.0 Å². The highest BCUT2D eigenvalue weighted by atomic mass is 16.3. The van der Waals surface area contributed by atoms with Gasteiger partial charge in [0.25, 0.3) is 0 Å². The van der Waals surface area contributed by atoms with E-state index < -0.39 is 51.7 Å². The van der Waals surface area contributed by atoms with Crippen molar-refractivity contribution >= 4 is 23.6 Å². The summed E-state index contributed by atoms with van der Waals surface area (Å²) in [5.41, 5.74) is -2.76. The van der Waals surface area contributed by atoms with Crippen molar-refractivity contribution in [3.05, 3.63) is 11.1 Å². The lowest BCUT2D eigenvalue weighted by atomic mass is 9.42. The molecule has 0 bridgehead atoms. The zero-order chi connectivity index (χ0) is 28.6. The summed E-state index contributed by atoms with van der Waals surface area (Å²) in [6, 6.07) is 0. The molecule has 0 spiro atoms. The van der Waals surface area contributed by atoms with Crippen LogP contribution >= 0.6 is 0 Å². The Balaban J connectivity index is 1.78. The van der Waals surface area contributed by atoms with Crippen molar-refractivity contribution in [2.45, 2.75) is 112 Å². The summed E-state index contributed by atoms with van der Waals surface area (Å²) in [6.07, 6.45) is 0.0827. The number of aldehydes is 1. The first-order valence-corrected chi connectivity index (χ1v) is 14.3. The Kier molecular flexibility index (Phi) is 7.28. The maximum atomic E-state index is 14.2. The first kappa shape index (κ1) is 29.3. The fraction of sp³-hybridized carbons (Fsp3) is 0.806. The number of carbonyl (C=O) groups is 4. The molecule has 4 rings (SSSR count). The molecule has 7 heteroatoms. The lowest BCUT2D eigenvalue weighted by Crippen LogP contribution is -2.64. The van der Waals surface area contributed by atoms with Gasteiger partial charge in [-0.1, -0.05) is 41.5 Å². The largest absolute Gasteiger partial charge is 0.393 e. The lowest BCUT2D eigenvalue weighted by molar-refractivity contribution is -0.159. The highest BCUT2D eigenvalue weighted by molar-refractivity contribution is 6.07. The Morgan fingerprint density at radius 2 is 1.68 bits per heavy atom. The van der Waals surface area contributed by atoms with Gasteiger partial charge in [-0.15, -0.1) is 0 Å². The van der Waals surface area contributed by atoms with E-state index in [2.05, 4.69) is 0 Å². The average Bonchev–Trinajstić information content (AvgIpc) is 3.03. The summed E-state index contributed by atoms with van der Waals surface area (Å²) in [7, 11) is 0. The van der Waals surface area contributed by atoms with Crippen molar-refractivity contribution in [2.75, 3.05) is 0 Å². The molecule has 0 aromatic heterocycles. The number of Topliss-reactive ketones (excluding diaryl/α,β-unsaturated/α-hetero) is 3. The van der Waals surface area contributed by atoms with Crippen LogP contribution in [0.3, 0.4) is 0 Å². The van der Waals surface area contributed by atoms with Crippen molar-refractivity contribution in [3.8, 4) is 0 Å². The molecule has 4 aliphatic rings. The number of aliphatic hydroxyl groups is 3. The Hall–Kier alpha value is -1.70. The van der Waals surface area contributed by atoms with Crippen LogP contribution in [0.4, 0.5) is 0 Å². The van der Waals surface area contributed by atoms with Gasteiger partial charge in [-0.05, 0) is 66.3 Å². The topological polar surface area (TPSA) is 129 Å². The second-order valence-electron chi connectivity index (χ2n) is 14.2. The maximum absolute atomic E-state index is 14.2. The fourth-order valence-electron chi connectivity index (χ4n) is 9.34. The van der Waals surface area contributed by atoms with Gasteiger partial charge in [0.15, 0.2) is 5.78 Å². The minimum absolute atomic E-state index is 0.00378. The minimum atomic E-state index is -1.44. The third kappa shape index (κ3) is 3.78. The number of aliphatic hydroxyl groups excluding tert-OH is 3. The predicted octanol–water partition coefficient (Wildman–Crippen LogP) is 3.61. The zero-order valence-corrected chi connectivity index (χ0v) is 24.0. The van der Waals surface area contributed by atoms with Gasteiger partial charge < -0.3 is 20.1 Å². The summed E-state index contributed by atoms with van der Waals surface area (Å²) in [5, 5.41) is 34.2. The predicted molar refractivity (Wildman–Crippen MR) is 142 cm³/mol. The van der Waals surface area contributed by atoms with E-state index in [1.807, 2.05) is 34.6 Å². The first-order chi connectivity index (χ1) is 17.5. The van der Waals surface area contributed by atoms with Crippen LogP contribution < -0.4 is 0 Å². The van der Waals surface area contributed by atoms with Gasteiger partial charge in [-0.2, -0.15) is 0 Å². The Morgan fingerprint density at radius 3 is 2.29 bits per heavy atom. The molecular weight excluding hydrogens is 484 g/mol. The molecule has 212 valence electrons. The molecule has 4 aliphatic carbocycles. The summed E-state index contributed by atoms with van der Waals surface area (Å²) in [6.45, 7) is 13.3. The standard InChI is InChI=1S/C31H46O7/c1-16(9-11-32)12-18(33)13-17(2)19-14-23(36)31(7)24-20(34)15-21-28(3,4)22(35)8-10-29(21,5)25(24)26(37)27(38)30(19,31)6/h11,16-17,19-22,27,34-35,38H,8-10,12-15H2,1-7H3/t16-,17-,19-,20+,21+,22+,27-,29+,30+,31+/m1/s1. The van der Waals surface area contributed by atoms with Gasteiger partial charge in [0.2, 0.25) is 0 Å². The molecule has 7 nitrogen and oxygen atoms in total. The van der Waals surface area contributed by atoms with E-state index in [0.29, 0.717) is 36.8 Å². The van der Waals surface area contributed by atoms with Crippen LogP contribution in [-0.4, -0.2) is 57.3 Å². The molecule has 0 aliphatic heterocycles. The summed E-state index contributed by atoms with van der Waals surface area (Å²) in [5.74, 6) is -1.44. The SMILES string of the molecule is C[C@H](CC=O)CC(=O)C[C@@H](C)[C@H]1CC(=O)[C@@]2(C)C3=C(C(=O)[C@@H](O)[C@]12C)[C@@]1(C)CC[C@H](O)C(C)(C)[C@@H]1C[C@@H]3O. The number of hydrogen-bond acceptors (Lipinski definition) is 7. The lowest BCUT2D eigenvalue weighted by Gasteiger charge is -2.62. The number of rotatable bonds is 7. The fourth-order valence-corrected chi connectivity index (χ4v) is 9.34. The molecule has 0 aromatic rings. The molecular formula is C31H46O7. The second-order valence-corrected chi connectivity index (χ2v) is 14.2. The summed E-state index contributed by atoms with van der Waals surface area (Å²) < 4.78 is 0. The van der Waals surface area contributed by atoms with Gasteiger partial charge in [-0.3, -0.25) is 14.4 Å². The molecule has 0 radical (unpaired) electrons. The van der Waals surface area contributed by atoms with E-state index in [-0.39, 0.29) is 48.6 Å². The van der Waals surface area contributed by atoms with Crippen LogP contribution in [0.5, 0.6) is 0 Å². The van der Waals surface area contributed by atoms with Gasteiger partial charge >= 0.3 is 0 Å². The van der Waals surface area contributed by atoms with Crippen molar-refractivity contribution in [1.29, 1.82) is 0 Å². The van der Waals surface area contributed by atoms with Crippen molar-refractivity contribution < 1.29 is 34.5 Å². The van der Waals surface area contributed by atoms with E-state index in [1.165, 1.54) is 0 Å². The smallest absolute Gasteiger partial charge is 0.188 e. The van der Waals surface area contributed by atoms with Crippen molar-refractivity contribution in [3.63, 3.8) is 0 Å². The minimum Gasteiger partial charge on any atom is -0.393 e. The molecule has 38 heavy (non-hydrogen) atoms. The third-order valence-corrected chi connectivity index (χ3v) is 11.8. The quantitative estimate of drug-likeness (QED) is 0.429. The van der Waals surface area contributed by atoms with E-state index in [0.717, 1.165) is 6.29 Å². The molecule has 0 amide bonds. The number of hydrogen-bond donors (Lipinski definition) is 3. The van der Waals surface area contributed by atoms with Gasteiger partial charge in [0.05, 0.1) is 17.6 Å². The molecule has 0 aromatic carbocycles. The van der Waals surface area contributed by atoms with Crippen LogP contribution in [0.25, 0.3) is 0 Å². The van der Waals surface area contributed by atoms with Crippen LogP contribution in [0, 0.1) is 45.3 Å². The molecule has 10 atom stereocenters. The Bertz CT molecular complexity index is 1070. The van der Waals surface area contributed by atoms with Crippen LogP contribution in [0.1, 0.15) is 93.4 Å². The van der Waals surface area contributed by atoms with Crippen molar-refractivity contribution in [1.82, 2.24) is 0 Å². The molecule has 0 heterocycles. The Labute approximate surface area is 226 Å². The zero-order valence-electron chi connectivity index (χ0n) is 24.0. The van der Waals surface area contributed by atoms with E-state index >= 15 is 0 Å². The van der Waals surface area contributed by atoms with Crippen molar-refractivity contribution in [2.24, 2.45) is 45.3 Å². The van der Waals surface area contributed by atoms with Gasteiger partial charge in [-0.25, -0.2) is 0 Å². The van der Waals surface area contributed by atoms with E-state index in [4.69, 9.17) is 0 Å². The first-order valence-electron chi connectivity index (χ1n) is 14.3. The van der Waals surface area contributed by atoms with Crippen LogP contribution in [0.15, 0.2) is 11.1 Å². The van der Waals surface area contributed by atoms with E-state index in [9.17, 15) is 34.5 Å². The Morgan fingerprint density at radius 1 is 1.05 bits per heavy atom. The normalized spacial score (nSPS) is 43.7. The van der Waals surface area contributed by atoms with Crippen LogP contribution in [-0.2, 0) is 19.2 Å². The number of ketones is 3. The molecule has 2 fully saturated rings. The highest BCUT2D eigenvalue weighted by Gasteiger charge is 2.73. The summed E-state index contributed by atoms with van der Waals surface area (Å²) in [4.78, 5) is 51.8. The monoisotopic (exact) mass is 530 g/mol. The molecule has 3 N–H and O–H groups in total. The van der Waals surface area contributed by atoms with Gasteiger partial charge in [0, 0.05) is 36.7 Å². The molecule has 0 unspecified atom stereocenters. The highest BCUT2D eigenvalue weighted by Crippen LogP contribution is 2.70. The number of fused-ring (bicyclic) bond motifs is 4. The molecule has 2 saturated carbocycles.